The smallest absolute Gasteiger partial charge is 0.303 e. The van der Waals surface area contributed by atoms with Gasteiger partial charge < -0.3 is 14.7 Å². The minimum absolute atomic E-state index is 0.0177. The molecule has 110 valence electrons. The molecule has 1 rings (SSSR count). The zero-order valence-corrected chi connectivity index (χ0v) is 12.1. The van der Waals surface area contributed by atoms with E-state index in [2.05, 4.69) is 0 Å². The Bertz CT molecular complexity index is 321. The Hall–Kier alpha value is -1.10. The van der Waals surface area contributed by atoms with E-state index < -0.39 is 11.4 Å². The maximum atomic E-state index is 12.1. The van der Waals surface area contributed by atoms with Crippen LogP contribution in [0.15, 0.2) is 0 Å². The van der Waals surface area contributed by atoms with Crippen molar-refractivity contribution in [3.8, 4) is 0 Å². The van der Waals surface area contributed by atoms with Gasteiger partial charge in [-0.05, 0) is 24.2 Å². The predicted molar refractivity (Wildman–Crippen MR) is 71.8 cm³/mol. The second-order valence-electron chi connectivity index (χ2n) is 6.24. The minimum Gasteiger partial charge on any atom is -0.481 e. The van der Waals surface area contributed by atoms with Crippen LogP contribution in [-0.2, 0) is 14.3 Å². The zero-order chi connectivity index (χ0) is 14.5. The lowest BCUT2D eigenvalue weighted by Gasteiger charge is -2.30. The van der Waals surface area contributed by atoms with Crippen molar-refractivity contribution >= 4 is 11.9 Å². The Balaban J connectivity index is 2.40. The molecule has 19 heavy (non-hydrogen) atoms. The Labute approximate surface area is 114 Å². The lowest BCUT2D eigenvalue weighted by Crippen LogP contribution is -2.36. The van der Waals surface area contributed by atoms with Gasteiger partial charge in [0.15, 0.2) is 0 Å². The number of carboxylic acid groups (broad SMARTS) is 1. The summed E-state index contributed by atoms with van der Waals surface area (Å²) in [6, 6.07) is 0. The Morgan fingerprint density at radius 2 is 1.84 bits per heavy atom. The molecule has 1 amide bonds. The van der Waals surface area contributed by atoms with E-state index in [-0.39, 0.29) is 18.7 Å². The lowest BCUT2D eigenvalue weighted by atomic mass is 9.85. The SMILES string of the molecule is CN(CC1CCOCC1)C(=O)CC(C)(C)CC(=O)O. The van der Waals surface area contributed by atoms with Gasteiger partial charge in [0.05, 0.1) is 6.42 Å². The molecule has 1 aliphatic heterocycles. The van der Waals surface area contributed by atoms with E-state index in [0.717, 1.165) is 32.6 Å². The van der Waals surface area contributed by atoms with Crippen LogP contribution in [0.4, 0.5) is 0 Å². The number of rotatable bonds is 6. The molecular weight excluding hydrogens is 246 g/mol. The molecule has 1 aliphatic rings. The van der Waals surface area contributed by atoms with Gasteiger partial charge >= 0.3 is 5.97 Å². The maximum Gasteiger partial charge on any atom is 0.303 e. The third kappa shape index (κ3) is 6.05. The number of ether oxygens (including phenoxy) is 1. The summed E-state index contributed by atoms with van der Waals surface area (Å²) in [5.74, 6) is -0.326. The monoisotopic (exact) mass is 271 g/mol. The average Bonchev–Trinajstić information content (AvgIpc) is 2.27. The van der Waals surface area contributed by atoms with Crippen molar-refractivity contribution in [2.75, 3.05) is 26.8 Å². The summed E-state index contributed by atoms with van der Waals surface area (Å²) in [6.45, 7) is 5.93. The molecule has 0 atom stereocenters. The van der Waals surface area contributed by atoms with Gasteiger partial charge in [-0.15, -0.1) is 0 Å². The fourth-order valence-corrected chi connectivity index (χ4v) is 2.43. The second-order valence-corrected chi connectivity index (χ2v) is 6.24. The molecule has 5 heteroatoms. The summed E-state index contributed by atoms with van der Waals surface area (Å²) in [6.07, 6.45) is 2.29. The lowest BCUT2D eigenvalue weighted by molar-refractivity contribution is -0.140. The fourth-order valence-electron chi connectivity index (χ4n) is 2.43. The van der Waals surface area contributed by atoms with Crippen molar-refractivity contribution in [3.05, 3.63) is 0 Å². The number of hydrogen-bond acceptors (Lipinski definition) is 3. The molecule has 0 spiro atoms. The van der Waals surface area contributed by atoms with Crippen molar-refractivity contribution in [2.24, 2.45) is 11.3 Å². The highest BCUT2D eigenvalue weighted by Crippen LogP contribution is 2.26. The van der Waals surface area contributed by atoms with Gasteiger partial charge in [0.2, 0.25) is 5.91 Å². The van der Waals surface area contributed by atoms with E-state index >= 15 is 0 Å². The first kappa shape index (κ1) is 16.0. The summed E-state index contributed by atoms with van der Waals surface area (Å²) >= 11 is 0. The molecule has 0 aliphatic carbocycles. The largest absolute Gasteiger partial charge is 0.481 e. The van der Waals surface area contributed by atoms with Crippen LogP contribution in [0.25, 0.3) is 0 Å². The Morgan fingerprint density at radius 1 is 1.26 bits per heavy atom. The van der Waals surface area contributed by atoms with E-state index in [1.54, 1.807) is 11.9 Å². The van der Waals surface area contributed by atoms with Crippen molar-refractivity contribution in [1.29, 1.82) is 0 Å². The molecular formula is C14H25NO4. The number of carboxylic acids is 1. The van der Waals surface area contributed by atoms with Crippen molar-refractivity contribution in [3.63, 3.8) is 0 Å². The molecule has 1 heterocycles. The minimum atomic E-state index is -0.857. The number of amides is 1. The van der Waals surface area contributed by atoms with Crippen LogP contribution >= 0.6 is 0 Å². The zero-order valence-electron chi connectivity index (χ0n) is 12.1. The highest BCUT2D eigenvalue weighted by Gasteiger charge is 2.27. The molecule has 0 aromatic rings. The number of hydrogen-bond donors (Lipinski definition) is 1. The van der Waals surface area contributed by atoms with Crippen molar-refractivity contribution < 1.29 is 19.4 Å². The van der Waals surface area contributed by atoms with Gasteiger partial charge in [-0.2, -0.15) is 0 Å². The molecule has 1 N–H and O–H groups in total. The van der Waals surface area contributed by atoms with E-state index in [9.17, 15) is 9.59 Å². The molecule has 0 aromatic carbocycles. The number of carbonyl (C=O) groups is 2. The molecule has 1 saturated heterocycles. The standard InChI is InChI=1S/C14H25NO4/c1-14(2,9-13(17)18)8-12(16)15(3)10-11-4-6-19-7-5-11/h11H,4-10H2,1-3H3,(H,17,18). The topological polar surface area (TPSA) is 66.8 Å². The first-order chi connectivity index (χ1) is 8.80. The molecule has 1 fully saturated rings. The van der Waals surface area contributed by atoms with E-state index in [1.807, 2.05) is 13.8 Å². The van der Waals surface area contributed by atoms with Crippen molar-refractivity contribution in [1.82, 2.24) is 4.90 Å². The summed E-state index contributed by atoms with van der Waals surface area (Å²) in [5.41, 5.74) is -0.493. The van der Waals surface area contributed by atoms with Crippen LogP contribution in [0, 0.1) is 11.3 Å². The first-order valence-corrected chi connectivity index (χ1v) is 6.84. The van der Waals surface area contributed by atoms with Gasteiger partial charge in [-0.25, -0.2) is 0 Å². The molecule has 0 radical (unpaired) electrons. The molecule has 0 saturated carbocycles. The Kier molecular flexibility index (Phi) is 5.79. The quantitative estimate of drug-likeness (QED) is 0.799. The number of nitrogens with zero attached hydrogens (tertiary/aromatic N) is 1. The third-order valence-corrected chi connectivity index (χ3v) is 3.56. The van der Waals surface area contributed by atoms with Gasteiger partial charge in [0, 0.05) is 33.2 Å². The summed E-state index contributed by atoms with van der Waals surface area (Å²) in [5, 5.41) is 8.82. The predicted octanol–water partition coefficient (Wildman–Crippen LogP) is 1.76. The normalized spacial score (nSPS) is 17.2. The number of carbonyl (C=O) groups excluding carboxylic acids is 1. The van der Waals surface area contributed by atoms with Gasteiger partial charge in [0.1, 0.15) is 0 Å². The highest BCUT2D eigenvalue weighted by molar-refractivity contribution is 5.77. The van der Waals surface area contributed by atoms with E-state index in [1.165, 1.54) is 0 Å². The Morgan fingerprint density at radius 3 is 2.37 bits per heavy atom. The summed E-state index contributed by atoms with van der Waals surface area (Å²) in [4.78, 5) is 24.6. The van der Waals surface area contributed by atoms with Crippen LogP contribution in [-0.4, -0.2) is 48.7 Å². The van der Waals surface area contributed by atoms with Gasteiger partial charge in [-0.3, -0.25) is 9.59 Å². The highest BCUT2D eigenvalue weighted by atomic mass is 16.5. The van der Waals surface area contributed by atoms with Gasteiger partial charge in [-0.1, -0.05) is 13.8 Å². The van der Waals surface area contributed by atoms with Crippen LogP contribution < -0.4 is 0 Å². The van der Waals surface area contributed by atoms with Crippen LogP contribution in [0.1, 0.15) is 39.5 Å². The summed E-state index contributed by atoms with van der Waals surface area (Å²) in [7, 11) is 1.80. The third-order valence-electron chi connectivity index (χ3n) is 3.56. The second kappa shape index (κ2) is 6.89. The molecule has 5 nitrogen and oxygen atoms in total. The molecule has 0 bridgehead atoms. The molecule has 0 aromatic heterocycles. The van der Waals surface area contributed by atoms with E-state index in [4.69, 9.17) is 9.84 Å². The number of aliphatic carboxylic acids is 1. The van der Waals surface area contributed by atoms with Crippen LogP contribution in [0.3, 0.4) is 0 Å². The fraction of sp³-hybridized carbons (Fsp3) is 0.857. The van der Waals surface area contributed by atoms with Crippen molar-refractivity contribution in [2.45, 2.75) is 39.5 Å². The summed E-state index contributed by atoms with van der Waals surface area (Å²) < 4.78 is 5.30. The van der Waals surface area contributed by atoms with E-state index in [0.29, 0.717) is 5.92 Å². The first-order valence-electron chi connectivity index (χ1n) is 6.84. The molecule has 0 unspecified atom stereocenters. The van der Waals surface area contributed by atoms with Crippen LogP contribution in [0.5, 0.6) is 0 Å². The maximum absolute atomic E-state index is 12.1. The van der Waals surface area contributed by atoms with Gasteiger partial charge in [0.25, 0.3) is 0 Å². The van der Waals surface area contributed by atoms with Crippen LogP contribution in [0.2, 0.25) is 0 Å². The average molecular weight is 271 g/mol.